The largest absolute Gasteiger partial charge is 0.324 e. The molecule has 2 aromatic rings. The summed E-state index contributed by atoms with van der Waals surface area (Å²) in [6, 6.07) is 7.47. The highest BCUT2D eigenvalue weighted by atomic mass is 35.5. The molecular formula is C14H18ClN3O2S. The standard InChI is InChI=1S/C14H18ClN3O2S/c1-4-11-5-7-12(8-6-11)10(2)17-21(19,20)14-13(15)18(3)9-16-14/h5-10,17H,4H2,1-3H3. The highest BCUT2D eigenvalue weighted by Gasteiger charge is 2.24. The van der Waals surface area contributed by atoms with Crippen LogP contribution in [0.4, 0.5) is 0 Å². The predicted molar refractivity (Wildman–Crippen MR) is 82.8 cm³/mol. The van der Waals surface area contributed by atoms with Crippen LogP contribution in [-0.2, 0) is 23.5 Å². The summed E-state index contributed by atoms with van der Waals surface area (Å²) >= 11 is 5.94. The van der Waals surface area contributed by atoms with Crippen LogP contribution in [0.2, 0.25) is 5.15 Å². The maximum atomic E-state index is 12.3. The Labute approximate surface area is 130 Å². The highest BCUT2D eigenvalue weighted by molar-refractivity contribution is 7.89. The summed E-state index contributed by atoms with van der Waals surface area (Å²) in [5.41, 5.74) is 2.10. The third-order valence-electron chi connectivity index (χ3n) is 3.31. The van der Waals surface area contributed by atoms with Gasteiger partial charge in [0.05, 0.1) is 6.33 Å². The van der Waals surface area contributed by atoms with Crippen LogP contribution in [0.1, 0.15) is 31.0 Å². The Bertz CT molecular complexity index is 723. The van der Waals surface area contributed by atoms with E-state index in [2.05, 4.69) is 16.6 Å². The minimum Gasteiger partial charge on any atom is -0.324 e. The first-order chi connectivity index (χ1) is 9.85. The Morgan fingerprint density at radius 3 is 2.43 bits per heavy atom. The second kappa shape index (κ2) is 6.17. The van der Waals surface area contributed by atoms with Crippen molar-refractivity contribution in [2.45, 2.75) is 31.3 Å². The number of nitrogens with one attached hydrogen (secondary N) is 1. The molecule has 0 saturated carbocycles. The van der Waals surface area contributed by atoms with E-state index in [1.807, 2.05) is 24.3 Å². The van der Waals surface area contributed by atoms with Crippen molar-refractivity contribution in [3.05, 3.63) is 46.9 Å². The Morgan fingerprint density at radius 1 is 1.33 bits per heavy atom. The number of benzene rings is 1. The van der Waals surface area contributed by atoms with Gasteiger partial charge in [0.25, 0.3) is 10.0 Å². The molecule has 1 aromatic heterocycles. The molecule has 0 bridgehead atoms. The van der Waals surface area contributed by atoms with Gasteiger partial charge in [0.1, 0.15) is 5.15 Å². The van der Waals surface area contributed by atoms with Gasteiger partial charge in [0, 0.05) is 13.1 Å². The normalized spacial score (nSPS) is 13.3. The number of halogens is 1. The zero-order valence-electron chi connectivity index (χ0n) is 12.2. The van der Waals surface area contributed by atoms with Crippen LogP contribution >= 0.6 is 11.6 Å². The first-order valence-electron chi connectivity index (χ1n) is 6.63. The van der Waals surface area contributed by atoms with Gasteiger partial charge in [0.15, 0.2) is 0 Å². The van der Waals surface area contributed by atoms with Crippen molar-refractivity contribution in [3.63, 3.8) is 0 Å². The van der Waals surface area contributed by atoms with Crippen LogP contribution in [0.15, 0.2) is 35.6 Å². The zero-order chi connectivity index (χ0) is 15.6. The van der Waals surface area contributed by atoms with Crippen molar-refractivity contribution in [3.8, 4) is 0 Å². The van der Waals surface area contributed by atoms with Gasteiger partial charge in [0.2, 0.25) is 5.03 Å². The summed E-state index contributed by atoms with van der Waals surface area (Å²) in [5.74, 6) is 0. The van der Waals surface area contributed by atoms with Crippen LogP contribution in [0.3, 0.4) is 0 Å². The number of nitrogens with zero attached hydrogens (tertiary/aromatic N) is 2. The molecule has 0 fully saturated rings. The first kappa shape index (κ1) is 16.0. The summed E-state index contributed by atoms with van der Waals surface area (Å²) in [6.45, 7) is 3.86. The average molecular weight is 328 g/mol. The van der Waals surface area contributed by atoms with Crippen LogP contribution in [-0.4, -0.2) is 18.0 Å². The summed E-state index contributed by atoms with van der Waals surface area (Å²) in [5, 5.41) is -0.0558. The molecule has 0 aliphatic heterocycles. The molecule has 2 rings (SSSR count). The van der Waals surface area contributed by atoms with Gasteiger partial charge < -0.3 is 4.57 Å². The lowest BCUT2D eigenvalue weighted by Crippen LogP contribution is -2.27. The van der Waals surface area contributed by atoms with Crippen molar-refractivity contribution in [2.75, 3.05) is 0 Å². The van der Waals surface area contributed by atoms with E-state index in [1.54, 1.807) is 14.0 Å². The van der Waals surface area contributed by atoms with Gasteiger partial charge in [-0.1, -0.05) is 42.8 Å². The predicted octanol–water partition coefficient (Wildman–Crippen LogP) is 2.68. The number of imidazole rings is 1. The van der Waals surface area contributed by atoms with E-state index in [9.17, 15) is 8.42 Å². The fourth-order valence-electron chi connectivity index (χ4n) is 1.97. The smallest absolute Gasteiger partial charge is 0.261 e. The van der Waals surface area contributed by atoms with E-state index in [-0.39, 0.29) is 16.2 Å². The van der Waals surface area contributed by atoms with Crippen molar-refractivity contribution in [1.82, 2.24) is 14.3 Å². The van der Waals surface area contributed by atoms with Crippen LogP contribution in [0.5, 0.6) is 0 Å². The molecule has 0 saturated heterocycles. The number of hydrogen-bond acceptors (Lipinski definition) is 3. The molecule has 1 N–H and O–H groups in total. The summed E-state index contributed by atoms with van der Waals surface area (Å²) in [4.78, 5) is 3.84. The number of rotatable bonds is 5. The quantitative estimate of drug-likeness (QED) is 0.918. The Hall–Kier alpha value is -1.37. The summed E-state index contributed by atoms with van der Waals surface area (Å²) in [6.07, 6.45) is 2.32. The van der Waals surface area contributed by atoms with Crippen molar-refractivity contribution in [2.24, 2.45) is 7.05 Å². The van der Waals surface area contributed by atoms with Crippen molar-refractivity contribution in [1.29, 1.82) is 0 Å². The Morgan fingerprint density at radius 2 is 1.95 bits per heavy atom. The minimum absolute atomic E-state index is 0.0935. The third-order valence-corrected chi connectivity index (χ3v) is 5.34. The molecule has 5 nitrogen and oxygen atoms in total. The molecule has 0 aliphatic rings. The van der Waals surface area contributed by atoms with E-state index < -0.39 is 10.0 Å². The zero-order valence-corrected chi connectivity index (χ0v) is 13.7. The second-order valence-electron chi connectivity index (χ2n) is 4.89. The van der Waals surface area contributed by atoms with Crippen LogP contribution < -0.4 is 4.72 Å². The molecule has 1 unspecified atom stereocenters. The topological polar surface area (TPSA) is 64.0 Å². The molecule has 0 radical (unpaired) electrons. The fourth-order valence-corrected chi connectivity index (χ4v) is 3.63. The maximum Gasteiger partial charge on any atom is 0.261 e. The van der Waals surface area contributed by atoms with Crippen LogP contribution in [0, 0.1) is 0 Å². The van der Waals surface area contributed by atoms with E-state index in [1.165, 1.54) is 16.5 Å². The molecule has 0 spiro atoms. The van der Waals surface area contributed by atoms with E-state index in [0.29, 0.717) is 0 Å². The molecule has 114 valence electrons. The summed E-state index contributed by atoms with van der Waals surface area (Å²) in [7, 11) is -2.11. The van der Waals surface area contributed by atoms with Crippen molar-refractivity contribution >= 4 is 21.6 Å². The van der Waals surface area contributed by atoms with E-state index >= 15 is 0 Å². The molecular weight excluding hydrogens is 310 g/mol. The van der Waals surface area contributed by atoms with Gasteiger partial charge in [-0.3, -0.25) is 0 Å². The minimum atomic E-state index is -3.75. The molecule has 0 amide bonds. The lowest BCUT2D eigenvalue weighted by molar-refractivity contribution is 0.563. The van der Waals surface area contributed by atoms with E-state index in [4.69, 9.17) is 11.6 Å². The van der Waals surface area contributed by atoms with Gasteiger partial charge in [-0.05, 0) is 24.5 Å². The Balaban J connectivity index is 2.21. The number of aryl methyl sites for hydroxylation is 2. The van der Waals surface area contributed by atoms with Gasteiger partial charge >= 0.3 is 0 Å². The van der Waals surface area contributed by atoms with Gasteiger partial charge in [-0.25, -0.2) is 18.1 Å². The van der Waals surface area contributed by atoms with Crippen LogP contribution in [0.25, 0.3) is 0 Å². The lowest BCUT2D eigenvalue weighted by atomic mass is 10.1. The number of sulfonamides is 1. The molecule has 1 aromatic carbocycles. The Kier molecular flexibility index (Phi) is 4.70. The summed E-state index contributed by atoms with van der Waals surface area (Å²) < 4.78 is 28.7. The van der Waals surface area contributed by atoms with Gasteiger partial charge in [-0.2, -0.15) is 0 Å². The van der Waals surface area contributed by atoms with Gasteiger partial charge in [-0.15, -0.1) is 0 Å². The van der Waals surface area contributed by atoms with Crippen molar-refractivity contribution < 1.29 is 8.42 Å². The molecule has 1 heterocycles. The lowest BCUT2D eigenvalue weighted by Gasteiger charge is -2.14. The molecule has 7 heteroatoms. The van der Waals surface area contributed by atoms with E-state index in [0.717, 1.165) is 12.0 Å². The second-order valence-corrected chi connectivity index (χ2v) is 6.88. The third kappa shape index (κ3) is 3.45. The molecule has 0 aliphatic carbocycles. The fraction of sp³-hybridized carbons (Fsp3) is 0.357. The number of hydrogen-bond donors (Lipinski definition) is 1. The average Bonchev–Trinajstić information content (AvgIpc) is 2.79. The maximum absolute atomic E-state index is 12.3. The monoisotopic (exact) mass is 327 g/mol. The molecule has 21 heavy (non-hydrogen) atoms. The SMILES string of the molecule is CCc1ccc(C(C)NS(=O)(=O)c2ncn(C)c2Cl)cc1. The first-order valence-corrected chi connectivity index (χ1v) is 8.49. The molecule has 1 atom stereocenters. The highest BCUT2D eigenvalue weighted by Crippen LogP contribution is 2.21. The number of aromatic nitrogens is 2.